The maximum atomic E-state index is 15.8. The van der Waals surface area contributed by atoms with E-state index in [0.717, 1.165) is 29.9 Å². The first-order chi connectivity index (χ1) is 37.1. The van der Waals surface area contributed by atoms with Gasteiger partial charge in [0.2, 0.25) is 0 Å². The van der Waals surface area contributed by atoms with Gasteiger partial charge in [-0.25, -0.2) is 29.6 Å². The normalized spacial score (nSPS) is 16.5. The first-order valence-corrected chi connectivity index (χ1v) is 33.6. The van der Waals surface area contributed by atoms with Gasteiger partial charge in [-0.3, -0.25) is 9.29 Å². The third-order valence-electron chi connectivity index (χ3n) is 13.8. The molecule has 0 spiro atoms. The van der Waals surface area contributed by atoms with Crippen molar-refractivity contribution in [3.63, 3.8) is 0 Å². The standard InChI is InChI=1S/C54H62ClF4N6O9PS4/c1-36(2)65-37(3)53(77(5,68)69)51(52(65)38-11-13-40(55)14-12-38)39-31-41(56)33-45(32-39)64-29-27-63(28-30-64)44-17-15-42(16-18-44)61-79(72,73)48-19-20-49(50(34-48)78(70,71)54(57,58)59)60-43(35-76-47-9-7-6-8-10-47)21-24-62-25-22-46(23-26-62)74-75(4,66)67/h6-20,31-34,36,43,46,60-61H,21-30,35H2,1-5H3,(H,66,67)/t43-/m1/s1. The highest BCUT2D eigenvalue weighted by molar-refractivity contribution is 7.99. The van der Waals surface area contributed by atoms with Crippen molar-refractivity contribution in [2.75, 3.05) is 84.3 Å². The Morgan fingerprint density at radius 2 is 1.43 bits per heavy atom. The van der Waals surface area contributed by atoms with Crippen molar-refractivity contribution in [3.8, 4) is 22.4 Å². The summed E-state index contributed by atoms with van der Waals surface area (Å²) in [7, 11) is -18.3. The van der Waals surface area contributed by atoms with E-state index < -0.39 is 76.2 Å². The molecule has 8 rings (SSSR count). The minimum absolute atomic E-state index is 0.0544. The van der Waals surface area contributed by atoms with Crippen molar-refractivity contribution in [2.45, 2.75) is 83.3 Å². The molecule has 0 bridgehead atoms. The number of sulfonamides is 1. The van der Waals surface area contributed by atoms with Gasteiger partial charge in [-0.1, -0.05) is 41.9 Å². The van der Waals surface area contributed by atoms with Crippen LogP contribution in [0.25, 0.3) is 22.4 Å². The van der Waals surface area contributed by atoms with Crippen LogP contribution in [-0.4, -0.2) is 122 Å². The van der Waals surface area contributed by atoms with Crippen molar-refractivity contribution in [3.05, 3.63) is 132 Å². The lowest BCUT2D eigenvalue weighted by atomic mass is 9.99. The van der Waals surface area contributed by atoms with Gasteiger partial charge in [-0.2, -0.15) is 13.2 Å². The van der Waals surface area contributed by atoms with Crippen molar-refractivity contribution in [2.24, 2.45) is 0 Å². The highest BCUT2D eigenvalue weighted by atomic mass is 35.5. The van der Waals surface area contributed by atoms with Gasteiger partial charge < -0.3 is 34.0 Å². The molecular weight excluding hydrogens is 1150 g/mol. The summed E-state index contributed by atoms with van der Waals surface area (Å²) in [5.74, 6) is -0.252. The molecule has 0 amide bonds. The van der Waals surface area contributed by atoms with E-state index in [1.807, 2.05) is 58.5 Å². The molecule has 2 aliphatic heterocycles. The quantitative estimate of drug-likeness (QED) is 0.0372. The average molecular weight is 1210 g/mol. The van der Waals surface area contributed by atoms with Crippen LogP contribution in [0.15, 0.2) is 135 Å². The Bertz CT molecular complexity index is 3540. The van der Waals surface area contributed by atoms with Gasteiger partial charge in [0.25, 0.3) is 19.9 Å². The molecular formula is C54H62ClF4N6O9PS4. The maximum absolute atomic E-state index is 15.8. The second-order valence-electron chi connectivity index (χ2n) is 20.0. The predicted octanol–water partition coefficient (Wildman–Crippen LogP) is 11.6. The Morgan fingerprint density at radius 1 is 0.810 bits per heavy atom. The van der Waals surface area contributed by atoms with Crippen LogP contribution in [0, 0.1) is 12.7 Å². The predicted molar refractivity (Wildman–Crippen MR) is 305 cm³/mol. The van der Waals surface area contributed by atoms with Gasteiger partial charge in [0.05, 0.1) is 27.3 Å². The number of hydrogen-bond donors (Lipinski definition) is 3. The summed E-state index contributed by atoms with van der Waals surface area (Å²) in [5, 5.41) is 3.50. The minimum Gasteiger partial charge on any atom is -0.380 e. The topological polar surface area (TPSA) is 188 Å². The van der Waals surface area contributed by atoms with E-state index in [0.29, 0.717) is 121 Å². The molecule has 3 N–H and O–H groups in total. The maximum Gasteiger partial charge on any atom is 0.501 e. The van der Waals surface area contributed by atoms with Crippen molar-refractivity contribution in [1.82, 2.24) is 9.47 Å². The first-order valence-electron chi connectivity index (χ1n) is 25.3. The number of likely N-dealkylation sites (tertiary alicyclic amines) is 1. The summed E-state index contributed by atoms with van der Waals surface area (Å²) in [6.07, 6.45) is 2.06. The van der Waals surface area contributed by atoms with Crippen LogP contribution >= 0.6 is 31.0 Å². The number of halogens is 5. The van der Waals surface area contributed by atoms with Crippen LogP contribution in [0.4, 0.5) is 40.3 Å². The Labute approximate surface area is 468 Å². The summed E-state index contributed by atoms with van der Waals surface area (Å²) in [4.78, 5) is 14.8. The second-order valence-corrected chi connectivity index (χ2v) is 28.9. The van der Waals surface area contributed by atoms with Crippen molar-refractivity contribution < 1.29 is 56.8 Å². The molecule has 2 fully saturated rings. The van der Waals surface area contributed by atoms with E-state index in [9.17, 15) is 47.9 Å². The largest absolute Gasteiger partial charge is 0.501 e. The van der Waals surface area contributed by atoms with E-state index in [1.165, 1.54) is 36.0 Å². The molecule has 79 heavy (non-hydrogen) atoms. The van der Waals surface area contributed by atoms with Crippen LogP contribution in [-0.2, 0) is 38.8 Å². The number of nitrogens with zero attached hydrogens (tertiary/aromatic N) is 4. The van der Waals surface area contributed by atoms with Crippen LogP contribution in [0.1, 0.15) is 44.8 Å². The van der Waals surface area contributed by atoms with Gasteiger partial charge in [0.15, 0.2) is 9.84 Å². The fraction of sp³-hybridized carbons (Fsp3) is 0.370. The van der Waals surface area contributed by atoms with Gasteiger partial charge in [0, 0.05) is 115 Å². The summed E-state index contributed by atoms with van der Waals surface area (Å²) in [6, 6.07) is 28.9. The molecule has 15 nitrogen and oxygen atoms in total. The van der Waals surface area contributed by atoms with E-state index in [1.54, 1.807) is 49.4 Å². The Balaban J connectivity index is 0.976. The summed E-state index contributed by atoms with van der Waals surface area (Å²) >= 11 is 7.65. The molecule has 2 saturated heterocycles. The fourth-order valence-electron chi connectivity index (χ4n) is 10.1. The van der Waals surface area contributed by atoms with Gasteiger partial charge >= 0.3 is 13.1 Å². The molecule has 426 valence electrons. The molecule has 1 aromatic heterocycles. The summed E-state index contributed by atoms with van der Waals surface area (Å²) in [5.41, 5.74) is -2.27. The molecule has 25 heteroatoms. The molecule has 3 heterocycles. The van der Waals surface area contributed by atoms with Crippen LogP contribution in [0.2, 0.25) is 5.02 Å². The SMILES string of the molecule is Cc1c(S(C)(=O)=O)c(-c2cc(F)cc(N3CCN(c4ccc(NS(=O)(=O)c5ccc(N[C@H](CCN6CCC(OP(C)(=O)O)CC6)CSc6ccccc6)c(S(=O)(=O)C(F)(F)F)c5)cc4)CC3)c2)c(-c2ccc(Cl)cc2)n1C(C)C. The first kappa shape index (κ1) is 60.0. The number of aromatic nitrogens is 1. The highest BCUT2D eigenvalue weighted by Crippen LogP contribution is 2.45. The Kier molecular flexibility index (Phi) is 18.3. The molecule has 2 aliphatic rings. The molecule has 0 aliphatic carbocycles. The van der Waals surface area contributed by atoms with Gasteiger partial charge in [-0.05, 0) is 136 Å². The zero-order valence-electron chi connectivity index (χ0n) is 44.0. The number of nitrogens with one attached hydrogen (secondary N) is 2. The molecule has 0 saturated carbocycles. The molecule has 5 aromatic carbocycles. The van der Waals surface area contributed by atoms with E-state index in [-0.39, 0.29) is 16.6 Å². The lowest BCUT2D eigenvalue weighted by Gasteiger charge is -2.37. The Morgan fingerprint density at radius 3 is 2.01 bits per heavy atom. The number of benzene rings is 5. The smallest absolute Gasteiger partial charge is 0.380 e. The summed E-state index contributed by atoms with van der Waals surface area (Å²) in [6.45, 7) is 10.0. The second kappa shape index (κ2) is 24.2. The number of alkyl halides is 3. The number of piperazine rings is 1. The number of sulfone groups is 2. The van der Waals surface area contributed by atoms with E-state index in [4.69, 9.17) is 16.1 Å². The molecule has 0 radical (unpaired) electrons. The minimum atomic E-state index is -6.10. The zero-order valence-corrected chi connectivity index (χ0v) is 48.9. The molecule has 6 aromatic rings. The van der Waals surface area contributed by atoms with E-state index in [2.05, 4.69) is 14.9 Å². The zero-order chi connectivity index (χ0) is 57.2. The molecule has 2 atom stereocenters. The third-order valence-corrected chi connectivity index (χ3v) is 20.0. The third kappa shape index (κ3) is 14.5. The number of thioether (sulfide) groups is 1. The number of anilines is 4. The average Bonchev–Trinajstić information content (AvgIpc) is 3.98. The summed E-state index contributed by atoms with van der Waals surface area (Å²) < 4.78 is 162. The molecule has 1 unspecified atom stereocenters. The van der Waals surface area contributed by atoms with Crippen molar-refractivity contribution >= 4 is 83.4 Å². The fourth-order valence-corrected chi connectivity index (χ4v) is 15.4. The lowest BCUT2D eigenvalue weighted by Crippen LogP contribution is -2.46. The van der Waals surface area contributed by atoms with Crippen LogP contribution < -0.4 is 19.8 Å². The van der Waals surface area contributed by atoms with Gasteiger partial charge in [-0.15, -0.1) is 11.8 Å². The number of rotatable bonds is 20. The van der Waals surface area contributed by atoms with Gasteiger partial charge in [0.1, 0.15) is 10.7 Å². The van der Waals surface area contributed by atoms with Crippen LogP contribution in [0.5, 0.6) is 0 Å². The lowest BCUT2D eigenvalue weighted by molar-refractivity contribution is -0.0436. The van der Waals surface area contributed by atoms with E-state index >= 15 is 4.39 Å². The Hall–Kier alpha value is -5.10. The number of piperidine rings is 1. The van der Waals surface area contributed by atoms with Crippen molar-refractivity contribution in [1.29, 1.82) is 0 Å². The highest BCUT2D eigenvalue weighted by Gasteiger charge is 2.48. The monoisotopic (exact) mass is 1210 g/mol. The van der Waals surface area contributed by atoms with Crippen LogP contribution in [0.3, 0.4) is 0 Å². The number of hydrogen-bond acceptors (Lipinski definition) is 13.